The van der Waals surface area contributed by atoms with E-state index in [1.54, 1.807) is 18.2 Å². The first kappa shape index (κ1) is 23.8. The zero-order valence-electron chi connectivity index (χ0n) is 18.3. The number of anilines is 2. The molecule has 2 heterocycles. The standard InChI is InChI=1S/C24H20F3N3O3S2/c25-24(26,27)13-4-3-5-14(10-13)28-20(31)12-34-23-29-18-9-8-15(11-19(18)35-23)30-21(32)16-6-1-2-7-17(16)22(30)33/h3-5,8-11,16-17H,1-2,6-7,12H2,(H,28,31)/t16-,17-/m1/s1. The SMILES string of the molecule is O=C(CSc1nc2ccc(N3C(=O)[C@@H]4CCCC[C@H]4C3=O)cc2s1)Nc1cccc(C(F)(F)F)c1. The highest BCUT2D eigenvalue weighted by Crippen LogP contribution is 2.41. The second-order valence-electron chi connectivity index (χ2n) is 8.56. The lowest BCUT2D eigenvalue weighted by molar-refractivity contribution is -0.137. The van der Waals surface area contributed by atoms with E-state index in [1.807, 2.05) is 0 Å². The van der Waals surface area contributed by atoms with Gasteiger partial charge in [0.05, 0.1) is 39.1 Å². The van der Waals surface area contributed by atoms with Crippen LogP contribution in [0, 0.1) is 11.8 Å². The summed E-state index contributed by atoms with van der Waals surface area (Å²) in [5.41, 5.74) is 0.444. The predicted octanol–water partition coefficient (Wildman–Crippen LogP) is 5.73. The maximum absolute atomic E-state index is 12.9. The summed E-state index contributed by atoms with van der Waals surface area (Å²) in [7, 11) is 0. The molecule has 11 heteroatoms. The zero-order valence-corrected chi connectivity index (χ0v) is 19.9. The highest BCUT2D eigenvalue weighted by molar-refractivity contribution is 8.01. The third-order valence-electron chi connectivity index (χ3n) is 6.25. The molecule has 0 bridgehead atoms. The van der Waals surface area contributed by atoms with Crippen LogP contribution in [0.5, 0.6) is 0 Å². The van der Waals surface area contributed by atoms with E-state index in [4.69, 9.17) is 0 Å². The van der Waals surface area contributed by atoms with Crippen LogP contribution in [0.2, 0.25) is 0 Å². The van der Waals surface area contributed by atoms with E-state index in [-0.39, 0.29) is 35.1 Å². The molecule has 5 rings (SSSR count). The van der Waals surface area contributed by atoms with Crippen LogP contribution in [0.1, 0.15) is 31.2 Å². The minimum atomic E-state index is -4.49. The first-order chi connectivity index (χ1) is 16.7. The van der Waals surface area contributed by atoms with Crippen LogP contribution in [0.25, 0.3) is 10.2 Å². The molecule has 3 amide bonds. The van der Waals surface area contributed by atoms with E-state index < -0.39 is 17.6 Å². The van der Waals surface area contributed by atoms with E-state index >= 15 is 0 Å². The number of hydrogen-bond acceptors (Lipinski definition) is 6. The van der Waals surface area contributed by atoms with Crippen LogP contribution >= 0.6 is 23.1 Å². The van der Waals surface area contributed by atoms with Crippen LogP contribution in [-0.4, -0.2) is 28.5 Å². The van der Waals surface area contributed by atoms with E-state index in [2.05, 4.69) is 10.3 Å². The average Bonchev–Trinajstić information content (AvgIpc) is 3.35. The van der Waals surface area contributed by atoms with Crippen LogP contribution in [0.4, 0.5) is 24.5 Å². The summed E-state index contributed by atoms with van der Waals surface area (Å²) in [6.45, 7) is 0. The third-order valence-corrected chi connectivity index (χ3v) is 8.41. The van der Waals surface area contributed by atoms with Crippen molar-refractivity contribution in [1.29, 1.82) is 0 Å². The smallest absolute Gasteiger partial charge is 0.325 e. The number of nitrogens with zero attached hydrogens (tertiary/aromatic N) is 2. The van der Waals surface area contributed by atoms with Gasteiger partial charge in [0.1, 0.15) is 0 Å². The molecule has 2 fully saturated rings. The van der Waals surface area contributed by atoms with Gasteiger partial charge >= 0.3 is 6.18 Å². The number of fused-ring (bicyclic) bond motifs is 2. The number of rotatable bonds is 5. The normalized spacial score (nSPS) is 20.4. The van der Waals surface area contributed by atoms with Gasteiger partial charge in [-0.1, -0.05) is 30.7 Å². The topological polar surface area (TPSA) is 79.4 Å². The molecule has 6 nitrogen and oxygen atoms in total. The predicted molar refractivity (Wildman–Crippen MR) is 128 cm³/mol. The molecule has 1 aliphatic carbocycles. The quantitative estimate of drug-likeness (QED) is 0.344. The summed E-state index contributed by atoms with van der Waals surface area (Å²) in [4.78, 5) is 43.8. The minimum Gasteiger partial charge on any atom is -0.325 e. The van der Waals surface area contributed by atoms with Crippen molar-refractivity contribution in [2.75, 3.05) is 16.0 Å². The van der Waals surface area contributed by atoms with Gasteiger partial charge in [-0.3, -0.25) is 19.3 Å². The molecule has 2 aliphatic rings. The summed E-state index contributed by atoms with van der Waals surface area (Å²) < 4.78 is 40.0. The van der Waals surface area contributed by atoms with Crippen molar-refractivity contribution in [3.05, 3.63) is 48.0 Å². The fraction of sp³-hybridized carbons (Fsp3) is 0.333. The number of carbonyl (C=O) groups is 3. The summed E-state index contributed by atoms with van der Waals surface area (Å²) in [5, 5.41) is 2.47. The van der Waals surface area contributed by atoms with Crippen molar-refractivity contribution < 1.29 is 27.6 Å². The highest BCUT2D eigenvalue weighted by atomic mass is 32.2. The van der Waals surface area contributed by atoms with Gasteiger partial charge in [0.15, 0.2) is 4.34 Å². The Morgan fingerprint density at radius 1 is 1.09 bits per heavy atom. The second kappa shape index (κ2) is 9.27. The van der Waals surface area contributed by atoms with Gasteiger partial charge in [-0.2, -0.15) is 13.2 Å². The van der Waals surface area contributed by atoms with Crippen LogP contribution < -0.4 is 10.2 Å². The first-order valence-corrected chi connectivity index (χ1v) is 12.9. The monoisotopic (exact) mass is 519 g/mol. The number of aromatic nitrogens is 1. The van der Waals surface area contributed by atoms with E-state index in [9.17, 15) is 27.6 Å². The summed E-state index contributed by atoms with van der Waals surface area (Å²) in [5.74, 6) is -1.21. The Kier molecular flexibility index (Phi) is 6.30. The molecular formula is C24H20F3N3O3S2. The molecule has 3 aromatic rings. The molecule has 2 atom stereocenters. The van der Waals surface area contributed by atoms with Crippen molar-refractivity contribution in [2.24, 2.45) is 11.8 Å². The minimum absolute atomic E-state index is 0.0324. The fourth-order valence-electron chi connectivity index (χ4n) is 4.61. The van der Waals surface area contributed by atoms with Crippen molar-refractivity contribution in [1.82, 2.24) is 4.98 Å². The largest absolute Gasteiger partial charge is 0.416 e. The van der Waals surface area contributed by atoms with Crippen LogP contribution in [0.3, 0.4) is 0 Å². The highest BCUT2D eigenvalue weighted by Gasteiger charge is 2.48. The number of hydrogen-bond donors (Lipinski definition) is 1. The molecular weight excluding hydrogens is 499 g/mol. The average molecular weight is 520 g/mol. The lowest BCUT2D eigenvalue weighted by Gasteiger charge is -2.19. The van der Waals surface area contributed by atoms with Crippen molar-refractivity contribution in [3.8, 4) is 0 Å². The van der Waals surface area contributed by atoms with Gasteiger partial charge in [-0.05, 0) is 49.2 Å². The Labute approximate surface area is 206 Å². The summed E-state index contributed by atoms with van der Waals surface area (Å²) in [6.07, 6.45) is -1.07. The van der Waals surface area contributed by atoms with Crippen molar-refractivity contribution in [2.45, 2.75) is 36.2 Å². The maximum atomic E-state index is 12.9. The molecule has 1 N–H and O–H groups in total. The molecule has 1 aromatic heterocycles. The molecule has 0 spiro atoms. The van der Waals surface area contributed by atoms with Gasteiger partial charge in [-0.15, -0.1) is 11.3 Å². The molecule has 0 unspecified atom stereocenters. The Bertz CT molecular complexity index is 1300. The number of imide groups is 1. The number of nitrogens with one attached hydrogen (secondary N) is 1. The molecule has 1 aliphatic heterocycles. The van der Waals surface area contributed by atoms with E-state index in [0.717, 1.165) is 54.3 Å². The summed E-state index contributed by atoms with van der Waals surface area (Å²) in [6, 6.07) is 9.69. The maximum Gasteiger partial charge on any atom is 0.416 e. The van der Waals surface area contributed by atoms with Gasteiger partial charge in [-0.25, -0.2) is 4.98 Å². The van der Waals surface area contributed by atoms with Crippen molar-refractivity contribution >= 4 is 62.4 Å². The van der Waals surface area contributed by atoms with E-state index in [1.165, 1.54) is 28.4 Å². The number of thiazole rings is 1. The fourth-order valence-corrected chi connectivity index (χ4v) is 6.51. The number of thioether (sulfide) groups is 1. The Hall–Kier alpha value is -2.92. The lowest BCUT2D eigenvalue weighted by atomic mass is 9.81. The molecule has 1 saturated carbocycles. The molecule has 182 valence electrons. The Balaban J connectivity index is 1.26. The zero-order chi connectivity index (χ0) is 24.7. The van der Waals surface area contributed by atoms with E-state index in [0.29, 0.717) is 15.5 Å². The molecule has 1 saturated heterocycles. The molecule has 35 heavy (non-hydrogen) atoms. The second-order valence-corrected chi connectivity index (χ2v) is 10.8. The lowest BCUT2D eigenvalue weighted by Crippen LogP contribution is -2.30. The van der Waals surface area contributed by atoms with Gasteiger partial charge in [0.25, 0.3) is 0 Å². The number of amides is 3. The third kappa shape index (κ3) is 4.79. The van der Waals surface area contributed by atoms with Crippen molar-refractivity contribution in [3.63, 3.8) is 0 Å². The van der Waals surface area contributed by atoms with Gasteiger partial charge in [0, 0.05) is 5.69 Å². The Morgan fingerprint density at radius 3 is 2.49 bits per heavy atom. The number of carbonyl (C=O) groups excluding carboxylic acids is 3. The van der Waals surface area contributed by atoms with Gasteiger partial charge < -0.3 is 5.32 Å². The summed E-state index contributed by atoms with van der Waals surface area (Å²) >= 11 is 2.49. The molecule has 0 radical (unpaired) electrons. The molecule has 2 aromatic carbocycles. The van der Waals surface area contributed by atoms with Crippen LogP contribution in [-0.2, 0) is 20.6 Å². The Morgan fingerprint density at radius 2 is 1.80 bits per heavy atom. The van der Waals surface area contributed by atoms with Crippen LogP contribution in [0.15, 0.2) is 46.8 Å². The number of halogens is 3. The first-order valence-electron chi connectivity index (χ1n) is 11.1. The number of alkyl halides is 3. The van der Waals surface area contributed by atoms with Gasteiger partial charge in [0.2, 0.25) is 17.7 Å². The number of benzene rings is 2.